The largest absolute Gasteiger partial charge is 0.497 e. The molecule has 0 aliphatic heterocycles. The predicted octanol–water partition coefficient (Wildman–Crippen LogP) is 2.69. The molecule has 0 spiro atoms. The molecular formula is C15H23NO3. The van der Waals surface area contributed by atoms with Crippen molar-refractivity contribution in [1.82, 2.24) is 5.32 Å². The lowest BCUT2D eigenvalue weighted by atomic mass is 10.1. The zero-order chi connectivity index (χ0) is 14.5. The Hall–Kier alpha value is -1.55. The highest BCUT2D eigenvalue weighted by Gasteiger charge is 2.25. The summed E-state index contributed by atoms with van der Waals surface area (Å²) >= 11 is 0. The van der Waals surface area contributed by atoms with E-state index >= 15 is 0 Å². The summed E-state index contributed by atoms with van der Waals surface area (Å²) < 4.78 is 10.5. The van der Waals surface area contributed by atoms with Crippen molar-refractivity contribution >= 4 is 5.97 Å². The molecule has 4 heteroatoms. The van der Waals surface area contributed by atoms with Crippen LogP contribution in [0.5, 0.6) is 5.75 Å². The number of rotatable bonds is 5. The average Bonchev–Trinajstić information content (AvgIpc) is 2.34. The molecule has 1 atom stereocenters. The van der Waals surface area contributed by atoms with Crippen LogP contribution in [0.25, 0.3) is 0 Å². The molecule has 0 fully saturated rings. The number of methoxy groups -OCH3 is 1. The first kappa shape index (κ1) is 15.5. The SMILES string of the molecule is CCNC(C(=O)OC(C)(C)C)c1ccc(OC)cc1. The van der Waals surface area contributed by atoms with Gasteiger partial charge in [0.2, 0.25) is 0 Å². The summed E-state index contributed by atoms with van der Waals surface area (Å²) in [4.78, 5) is 12.2. The Kier molecular flexibility index (Phi) is 5.36. The highest BCUT2D eigenvalue weighted by molar-refractivity contribution is 5.78. The number of ether oxygens (including phenoxy) is 2. The second kappa shape index (κ2) is 6.57. The van der Waals surface area contributed by atoms with Gasteiger partial charge in [0.15, 0.2) is 0 Å². The van der Waals surface area contributed by atoms with E-state index < -0.39 is 11.6 Å². The first-order valence-corrected chi connectivity index (χ1v) is 6.47. The van der Waals surface area contributed by atoms with Crippen LogP contribution in [0.1, 0.15) is 39.3 Å². The van der Waals surface area contributed by atoms with Gasteiger partial charge in [-0.1, -0.05) is 19.1 Å². The van der Waals surface area contributed by atoms with Crippen molar-refractivity contribution < 1.29 is 14.3 Å². The Morgan fingerprint density at radius 1 is 1.26 bits per heavy atom. The summed E-state index contributed by atoms with van der Waals surface area (Å²) in [5.74, 6) is 0.503. The van der Waals surface area contributed by atoms with Crippen LogP contribution in [0.2, 0.25) is 0 Å². The van der Waals surface area contributed by atoms with Gasteiger partial charge >= 0.3 is 5.97 Å². The normalized spacial score (nSPS) is 12.9. The number of carbonyl (C=O) groups excluding carboxylic acids is 1. The van der Waals surface area contributed by atoms with Crippen molar-refractivity contribution in [2.75, 3.05) is 13.7 Å². The molecule has 0 saturated carbocycles. The van der Waals surface area contributed by atoms with Crippen molar-refractivity contribution in [2.24, 2.45) is 0 Å². The number of hydrogen-bond acceptors (Lipinski definition) is 4. The summed E-state index contributed by atoms with van der Waals surface area (Å²) in [5.41, 5.74) is 0.383. The fourth-order valence-electron chi connectivity index (χ4n) is 1.70. The minimum absolute atomic E-state index is 0.264. The molecule has 106 valence electrons. The number of carbonyl (C=O) groups is 1. The highest BCUT2D eigenvalue weighted by Crippen LogP contribution is 2.21. The molecule has 0 aliphatic rings. The molecule has 0 heterocycles. The smallest absolute Gasteiger partial charge is 0.328 e. The van der Waals surface area contributed by atoms with E-state index in [9.17, 15) is 4.79 Å². The predicted molar refractivity (Wildman–Crippen MR) is 75.3 cm³/mol. The Morgan fingerprint density at radius 3 is 2.26 bits per heavy atom. The minimum Gasteiger partial charge on any atom is -0.497 e. The highest BCUT2D eigenvalue weighted by atomic mass is 16.6. The fourth-order valence-corrected chi connectivity index (χ4v) is 1.70. The molecule has 1 aromatic rings. The van der Waals surface area contributed by atoms with Crippen LogP contribution in [-0.2, 0) is 9.53 Å². The molecule has 19 heavy (non-hydrogen) atoms. The van der Waals surface area contributed by atoms with Crippen molar-refractivity contribution in [1.29, 1.82) is 0 Å². The van der Waals surface area contributed by atoms with Gasteiger partial charge < -0.3 is 14.8 Å². The number of hydrogen-bond donors (Lipinski definition) is 1. The third kappa shape index (κ3) is 4.91. The van der Waals surface area contributed by atoms with Crippen molar-refractivity contribution in [3.8, 4) is 5.75 Å². The molecule has 1 N–H and O–H groups in total. The van der Waals surface area contributed by atoms with Gasteiger partial charge in [-0.15, -0.1) is 0 Å². The molecular weight excluding hydrogens is 242 g/mol. The molecule has 0 amide bonds. The second-order valence-corrected chi connectivity index (χ2v) is 5.30. The Morgan fingerprint density at radius 2 is 1.84 bits per heavy atom. The summed E-state index contributed by atoms with van der Waals surface area (Å²) in [5, 5.41) is 3.14. The van der Waals surface area contributed by atoms with Crippen LogP contribution in [0, 0.1) is 0 Å². The summed E-state index contributed by atoms with van der Waals surface area (Å²) in [6.45, 7) is 8.24. The van der Waals surface area contributed by atoms with E-state index in [1.165, 1.54) is 0 Å². The lowest BCUT2D eigenvalue weighted by molar-refractivity contribution is -0.157. The Labute approximate surface area is 115 Å². The van der Waals surface area contributed by atoms with Gasteiger partial charge in [0.05, 0.1) is 7.11 Å². The average molecular weight is 265 g/mol. The van der Waals surface area contributed by atoms with Crippen molar-refractivity contribution in [3.63, 3.8) is 0 Å². The summed E-state index contributed by atoms with van der Waals surface area (Å²) in [6.07, 6.45) is 0. The Balaban J connectivity index is 2.89. The number of nitrogens with one attached hydrogen (secondary N) is 1. The maximum atomic E-state index is 12.2. The summed E-state index contributed by atoms with van der Waals surface area (Å²) in [7, 11) is 1.62. The zero-order valence-corrected chi connectivity index (χ0v) is 12.3. The lowest BCUT2D eigenvalue weighted by Gasteiger charge is -2.24. The molecule has 0 aliphatic carbocycles. The van der Waals surface area contributed by atoms with E-state index in [1.54, 1.807) is 7.11 Å². The van der Waals surface area contributed by atoms with E-state index in [0.717, 1.165) is 11.3 Å². The van der Waals surface area contributed by atoms with Gasteiger partial charge in [0, 0.05) is 0 Å². The van der Waals surface area contributed by atoms with E-state index in [2.05, 4.69) is 5.32 Å². The standard InChI is InChI=1S/C15H23NO3/c1-6-16-13(14(17)19-15(2,3)4)11-7-9-12(18-5)10-8-11/h7-10,13,16H,6H2,1-5H3. The molecule has 0 radical (unpaired) electrons. The van der Waals surface area contributed by atoms with Gasteiger partial charge in [-0.3, -0.25) is 0 Å². The van der Waals surface area contributed by atoms with E-state index in [-0.39, 0.29) is 5.97 Å². The third-order valence-corrected chi connectivity index (χ3v) is 2.50. The number of likely N-dealkylation sites (N-methyl/N-ethyl adjacent to an activating group) is 1. The fraction of sp³-hybridized carbons (Fsp3) is 0.533. The molecule has 0 saturated heterocycles. The molecule has 1 unspecified atom stereocenters. The maximum Gasteiger partial charge on any atom is 0.328 e. The third-order valence-electron chi connectivity index (χ3n) is 2.50. The molecule has 0 bridgehead atoms. The number of esters is 1. The first-order valence-electron chi connectivity index (χ1n) is 6.47. The minimum atomic E-state index is -0.489. The molecule has 1 rings (SSSR count). The van der Waals surface area contributed by atoms with Gasteiger partial charge in [0.25, 0.3) is 0 Å². The van der Waals surface area contributed by atoms with Gasteiger partial charge in [-0.2, -0.15) is 0 Å². The van der Waals surface area contributed by atoms with Crippen LogP contribution in [0.3, 0.4) is 0 Å². The van der Waals surface area contributed by atoms with Crippen LogP contribution < -0.4 is 10.1 Å². The van der Waals surface area contributed by atoms with Crippen LogP contribution in [0.4, 0.5) is 0 Å². The van der Waals surface area contributed by atoms with Gasteiger partial charge in [0.1, 0.15) is 17.4 Å². The van der Waals surface area contributed by atoms with Gasteiger partial charge in [-0.05, 0) is 45.0 Å². The molecule has 1 aromatic carbocycles. The second-order valence-electron chi connectivity index (χ2n) is 5.30. The molecule has 4 nitrogen and oxygen atoms in total. The quantitative estimate of drug-likeness (QED) is 0.832. The summed E-state index contributed by atoms with van der Waals surface area (Å²) in [6, 6.07) is 6.97. The zero-order valence-electron chi connectivity index (χ0n) is 12.3. The Bertz CT molecular complexity index is 406. The van der Waals surface area contributed by atoms with Crippen LogP contribution >= 0.6 is 0 Å². The van der Waals surface area contributed by atoms with Crippen LogP contribution in [-0.4, -0.2) is 25.2 Å². The van der Waals surface area contributed by atoms with Crippen LogP contribution in [0.15, 0.2) is 24.3 Å². The maximum absolute atomic E-state index is 12.2. The van der Waals surface area contributed by atoms with Crippen molar-refractivity contribution in [3.05, 3.63) is 29.8 Å². The molecule has 0 aromatic heterocycles. The van der Waals surface area contributed by atoms with E-state index in [0.29, 0.717) is 6.54 Å². The van der Waals surface area contributed by atoms with Gasteiger partial charge in [-0.25, -0.2) is 4.79 Å². The monoisotopic (exact) mass is 265 g/mol. The van der Waals surface area contributed by atoms with E-state index in [1.807, 2.05) is 52.0 Å². The van der Waals surface area contributed by atoms with Crippen molar-refractivity contribution in [2.45, 2.75) is 39.3 Å². The topological polar surface area (TPSA) is 47.6 Å². The first-order chi connectivity index (χ1) is 8.87. The lowest BCUT2D eigenvalue weighted by Crippen LogP contribution is -2.34. The number of benzene rings is 1. The van der Waals surface area contributed by atoms with E-state index in [4.69, 9.17) is 9.47 Å².